The zero-order valence-corrected chi connectivity index (χ0v) is 26.5. The smallest absolute Gasteiger partial charge is 0.408 e. The van der Waals surface area contributed by atoms with E-state index < -0.39 is 65.1 Å². The molecule has 244 valence electrons. The van der Waals surface area contributed by atoms with Crippen LogP contribution >= 0.6 is 0 Å². The number of carbonyl (C=O) groups is 5. The van der Waals surface area contributed by atoms with E-state index in [0.29, 0.717) is 12.8 Å². The molecule has 0 aromatic heterocycles. The van der Waals surface area contributed by atoms with Crippen molar-refractivity contribution in [2.45, 2.75) is 117 Å². The van der Waals surface area contributed by atoms with Gasteiger partial charge in [-0.1, -0.05) is 0 Å². The molecule has 0 fully saturated rings. The number of aliphatic hydroxyl groups is 1. The second kappa shape index (κ2) is 17.6. The number of hydrogen-bond acceptors (Lipinski definition) is 10. The Morgan fingerprint density at radius 2 is 1.07 bits per heavy atom. The molecule has 0 aromatic rings. The standard InChI is InChI=1S/C27H52N6O9/c1-25(2,3)40-22(37)31-16-17(34)15-30-20(35)18(32-23(38)41-26(4,5)6)12-10-11-13-29-21(36)19(14-28)33-24(39)42-27(7,8)9/h17-19,34H,10-16,28H2,1-9H3,(H,29,36)(H,30,35)(H,31,37)(H,32,38)(H,33,39)/t17?,18-,19-/m0/s1. The quantitative estimate of drug-likeness (QED) is 0.110. The van der Waals surface area contributed by atoms with E-state index in [-0.39, 0.29) is 32.6 Å². The number of aliphatic hydroxyl groups excluding tert-OH is 1. The van der Waals surface area contributed by atoms with Gasteiger partial charge in [-0.25, -0.2) is 14.4 Å². The maximum Gasteiger partial charge on any atom is 0.408 e. The predicted molar refractivity (Wildman–Crippen MR) is 155 cm³/mol. The fourth-order valence-corrected chi connectivity index (χ4v) is 3.14. The molecule has 0 saturated carbocycles. The van der Waals surface area contributed by atoms with Crippen molar-refractivity contribution in [2.24, 2.45) is 5.73 Å². The van der Waals surface area contributed by atoms with Crippen LogP contribution in [0.25, 0.3) is 0 Å². The van der Waals surface area contributed by atoms with Crippen molar-refractivity contribution in [1.82, 2.24) is 26.6 Å². The number of rotatable bonds is 14. The lowest BCUT2D eigenvalue weighted by atomic mass is 10.1. The molecular formula is C27H52N6O9. The van der Waals surface area contributed by atoms with Gasteiger partial charge < -0.3 is 51.6 Å². The van der Waals surface area contributed by atoms with Gasteiger partial charge in [-0.2, -0.15) is 0 Å². The monoisotopic (exact) mass is 604 g/mol. The van der Waals surface area contributed by atoms with Crippen molar-refractivity contribution in [3.8, 4) is 0 Å². The van der Waals surface area contributed by atoms with Crippen LogP contribution in [0.5, 0.6) is 0 Å². The first-order chi connectivity index (χ1) is 19.1. The van der Waals surface area contributed by atoms with Gasteiger partial charge in [0.25, 0.3) is 0 Å². The summed E-state index contributed by atoms with van der Waals surface area (Å²) in [5.41, 5.74) is 3.40. The molecule has 0 aliphatic carbocycles. The topological polar surface area (TPSA) is 219 Å². The third-order valence-electron chi connectivity index (χ3n) is 4.86. The van der Waals surface area contributed by atoms with Crippen molar-refractivity contribution in [3.63, 3.8) is 0 Å². The maximum absolute atomic E-state index is 12.8. The van der Waals surface area contributed by atoms with Crippen molar-refractivity contribution in [1.29, 1.82) is 0 Å². The first kappa shape index (κ1) is 38.7. The van der Waals surface area contributed by atoms with Gasteiger partial charge in [0.05, 0.1) is 6.10 Å². The number of alkyl carbamates (subject to hydrolysis) is 3. The second-order valence-corrected chi connectivity index (χ2v) is 12.7. The summed E-state index contributed by atoms with van der Waals surface area (Å²) in [6.45, 7) is 15.0. The molecule has 0 radical (unpaired) electrons. The lowest BCUT2D eigenvalue weighted by Crippen LogP contribution is -2.52. The lowest BCUT2D eigenvalue weighted by molar-refractivity contribution is -0.124. The number of nitrogens with one attached hydrogen (secondary N) is 5. The molecule has 0 aliphatic heterocycles. The molecule has 0 saturated heterocycles. The molecule has 0 aliphatic rings. The minimum Gasteiger partial charge on any atom is -0.444 e. The molecule has 0 bridgehead atoms. The first-order valence-corrected chi connectivity index (χ1v) is 14.0. The fraction of sp³-hybridized carbons (Fsp3) is 0.815. The SMILES string of the molecule is CC(C)(C)OC(=O)NCC(O)CNC(=O)[C@H](CCCCNC(=O)[C@H](CN)NC(=O)OC(C)(C)C)NC(=O)OC(C)(C)C. The highest BCUT2D eigenvalue weighted by Gasteiger charge is 2.26. The zero-order chi connectivity index (χ0) is 32.7. The first-order valence-electron chi connectivity index (χ1n) is 14.0. The van der Waals surface area contributed by atoms with Gasteiger partial charge in [0.2, 0.25) is 11.8 Å². The second-order valence-electron chi connectivity index (χ2n) is 12.7. The van der Waals surface area contributed by atoms with E-state index in [0.717, 1.165) is 0 Å². The van der Waals surface area contributed by atoms with Crippen LogP contribution in [0.1, 0.15) is 81.6 Å². The van der Waals surface area contributed by atoms with Crippen LogP contribution in [0.3, 0.4) is 0 Å². The number of nitrogens with two attached hydrogens (primary N) is 1. The summed E-state index contributed by atoms with van der Waals surface area (Å²) < 4.78 is 15.5. The summed E-state index contributed by atoms with van der Waals surface area (Å²) in [4.78, 5) is 61.3. The van der Waals surface area contributed by atoms with Crippen LogP contribution in [0, 0.1) is 0 Å². The Hall–Kier alpha value is -3.33. The number of amides is 5. The fourth-order valence-electron chi connectivity index (χ4n) is 3.14. The number of hydrogen-bond donors (Lipinski definition) is 7. The van der Waals surface area contributed by atoms with E-state index in [1.165, 1.54) is 0 Å². The number of ether oxygens (including phenoxy) is 3. The lowest BCUT2D eigenvalue weighted by Gasteiger charge is -2.24. The van der Waals surface area contributed by atoms with Gasteiger partial charge in [-0.05, 0) is 81.6 Å². The van der Waals surface area contributed by atoms with Gasteiger partial charge in [0, 0.05) is 26.2 Å². The van der Waals surface area contributed by atoms with E-state index >= 15 is 0 Å². The minimum absolute atomic E-state index is 0.133. The molecule has 0 heterocycles. The van der Waals surface area contributed by atoms with Gasteiger partial charge in [0.15, 0.2) is 0 Å². The van der Waals surface area contributed by atoms with Gasteiger partial charge in [-0.3, -0.25) is 9.59 Å². The van der Waals surface area contributed by atoms with Crippen molar-refractivity contribution in [3.05, 3.63) is 0 Å². The Morgan fingerprint density at radius 3 is 1.55 bits per heavy atom. The number of unbranched alkanes of at least 4 members (excludes halogenated alkanes) is 1. The summed E-state index contributed by atoms with van der Waals surface area (Å²) in [6, 6.07) is -1.98. The molecule has 15 heteroatoms. The highest BCUT2D eigenvalue weighted by Crippen LogP contribution is 2.09. The Morgan fingerprint density at radius 1 is 0.643 bits per heavy atom. The van der Waals surface area contributed by atoms with E-state index in [2.05, 4.69) is 26.6 Å². The summed E-state index contributed by atoms with van der Waals surface area (Å²) in [6.07, 6.45) is -2.31. The van der Waals surface area contributed by atoms with Crippen molar-refractivity contribution in [2.75, 3.05) is 26.2 Å². The highest BCUT2D eigenvalue weighted by atomic mass is 16.6. The normalized spacial score (nSPS) is 14.0. The molecule has 0 spiro atoms. The summed E-state index contributed by atoms with van der Waals surface area (Å²) in [7, 11) is 0. The number of carbonyl (C=O) groups excluding carboxylic acids is 5. The van der Waals surface area contributed by atoms with Gasteiger partial charge >= 0.3 is 18.3 Å². The van der Waals surface area contributed by atoms with Crippen molar-refractivity contribution < 1.29 is 43.3 Å². The Labute approximate surface area is 248 Å². The minimum atomic E-state index is -1.11. The molecule has 42 heavy (non-hydrogen) atoms. The van der Waals surface area contributed by atoms with Crippen molar-refractivity contribution >= 4 is 30.1 Å². The van der Waals surface area contributed by atoms with Crippen LogP contribution < -0.4 is 32.3 Å². The average Bonchev–Trinajstić information content (AvgIpc) is 2.80. The molecule has 5 amide bonds. The van der Waals surface area contributed by atoms with Crippen LogP contribution in [-0.4, -0.2) is 96.4 Å². The van der Waals surface area contributed by atoms with E-state index in [9.17, 15) is 29.1 Å². The van der Waals surface area contributed by atoms with E-state index in [1.807, 2.05) is 0 Å². The Balaban J connectivity index is 4.87. The van der Waals surface area contributed by atoms with Gasteiger partial charge in [-0.15, -0.1) is 0 Å². The molecule has 1 unspecified atom stereocenters. The van der Waals surface area contributed by atoms with Crippen LogP contribution in [0.4, 0.5) is 14.4 Å². The van der Waals surface area contributed by atoms with Crippen LogP contribution in [-0.2, 0) is 23.8 Å². The van der Waals surface area contributed by atoms with Crippen LogP contribution in [0.15, 0.2) is 0 Å². The largest absolute Gasteiger partial charge is 0.444 e. The molecule has 0 rings (SSSR count). The molecule has 8 N–H and O–H groups in total. The third kappa shape index (κ3) is 20.5. The average molecular weight is 605 g/mol. The molecule has 15 nitrogen and oxygen atoms in total. The highest BCUT2D eigenvalue weighted by molar-refractivity contribution is 5.86. The molecule has 0 aromatic carbocycles. The van der Waals surface area contributed by atoms with Crippen LogP contribution in [0.2, 0.25) is 0 Å². The summed E-state index contributed by atoms with van der Waals surface area (Å²) in [5, 5.41) is 22.7. The predicted octanol–water partition coefficient (Wildman–Crippen LogP) is 1.02. The summed E-state index contributed by atoms with van der Waals surface area (Å²) in [5.74, 6) is -1.05. The molecule has 3 atom stereocenters. The molecular weight excluding hydrogens is 552 g/mol. The zero-order valence-electron chi connectivity index (χ0n) is 26.5. The van der Waals surface area contributed by atoms with Gasteiger partial charge in [0.1, 0.15) is 28.9 Å². The Bertz CT molecular complexity index is 894. The summed E-state index contributed by atoms with van der Waals surface area (Å²) >= 11 is 0. The third-order valence-corrected chi connectivity index (χ3v) is 4.86. The van der Waals surface area contributed by atoms with E-state index in [4.69, 9.17) is 19.9 Å². The maximum atomic E-state index is 12.8. The Kier molecular flexibility index (Phi) is 16.2. The van der Waals surface area contributed by atoms with E-state index in [1.54, 1.807) is 62.3 Å².